The van der Waals surface area contributed by atoms with Gasteiger partial charge in [0, 0.05) is 48.4 Å². The van der Waals surface area contributed by atoms with Crippen LogP contribution in [0.25, 0.3) is 22.3 Å². The third-order valence-corrected chi connectivity index (χ3v) is 5.19. The van der Waals surface area contributed by atoms with Gasteiger partial charge in [0.2, 0.25) is 0 Å². The van der Waals surface area contributed by atoms with Crippen molar-refractivity contribution < 1.29 is 4.39 Å². The molecule has 6 heteroatoms. The summed E-state index contributed by atoms with van der Waals surface area (Å²) in [6.07, 6.45) is 8.44. The fraction of sp³-hybridized carbons (Fsp3) is 0.364. The number of nitrogens with zero attached hydrogens (tertiary/aromatic N) is 3. The van der Waals surface area contributed by atoms with Crippen LogP contribution < -0.4 is 10.2 Å². The number of hydrogen-bond acceptors (Lipinski definition) is 4. The van der Waals surface area contributed by atoms with E-state index in [0.717, 1.165) is 42.7 Å². The van der Waals surface area contributed by atoms with Crippen LogP contribution in [0.3, 0.4) is 0 Å². The first-order chi connectivity index (χ1) is 13.6. The molecule has 4 rings (SSSR count). The van der Waals surface area contributed by atoms with Crippen LogP contribution in [0, 0.1) is 24.1 Å². The average Bonchev–Trinajstić information content (AvgIpc) is 3.11. The molecule has 28 heavy (non-hydrogen) atoms. The van der Waals surface area contributed by atoms with Crippen molar-refractivity contribution >= 4 is 16.7 Å². The molecule has 2 aromatic heterocycles. The number of halogens is 1. The maximum atomic E-state index is 15.0. The minimum absolute atomic E-state index is 0.288. The van der Waals surface area contributed by atoms with Crippen LogP contribution in [0.1, 0.15) is 25.8 Å². The molecule has 5 nitrogen and oxygen atoms in total. The molecule has 1 atom stereocenters. The summed E-state index contributed by atoms with van der Waals surface area (Å²) in [7, 11) is 0. The van der Waals surface area contributed by atoms with Crippen LogP contribution in [0.15, 0.2) is 30.5 Å². The molecule has 2 N–H and O–H groups in total. The molecule has 0 aliphatic carbocycles. The number of rotatable bonds is 4. The first-order valence-electron chi connectivity index (χ1n) is 9.64. The second-order valence-corrected chi connectivity index (χ2v) is 7.69. The molecule has 144 valence electrons. The highest BCUT2D eigenvalue weighted by Gasteiger charge is 2.24. The molecule has 1 fully saturated rings. The second kappa shape index (κ2) is 7.61. The van der Waals surface area contributed by atoms with Crippen LogP contribution in [-0.2, 0) is 0 Å². The van der Waals surface area contributed by atoms with Gasteiger partial charge in [0.15, 0.2) is 5.65 Å². The second-order valence-electron chi connectivity index (χ2n) is 7.69. The Morgan fingerprint density at radius 1 is 1.39 bits per heavy atom. The number of nitrogens with one attached hydrogen (secondary N) is 2. The van der Waals surface area contributed by atoms with Gasteiger partial charge in [0.1, 0.15) is 5.82 Å². The van der Waals surface area contributed by atoms with Crippen LogP contribution in [-0.4, -0.2) is 40.9 Å². The Bertz CT molecular complexity index is 1030. The lowest BCUT2D eigenvalue weighted by molar-refractivity contribution is 0.386. The van der Waals surface area contributed by atoms with Gasteiger partial charge in [-0.25, -0.2) is 9.37 Å². The van der Waals surface area contributed by atoms with Crippen molar-refractivity contribution in [3.05, 3.63) is 41.8 Å². The van der Waals surface area contributed by atoms with E-state index >= 15 is 0 Å². The Morgan fingerprint density at radius 3 is 3.04 bits per heavy atom. The zero-order valence-corrected chi connectivity index (χ0v) is 16.2. The summed E-state index contributed by atoms with van der Waals surface area (Å²) in [6, 6.07) is 7.44. The zero-order chi connectivity index (χ0) is 19.7. The van der Waals surface area contributed by atoms with Gasteiger partial charge < -0.3 is 10.2 Å². The molecule has 3 aromatic rings. The lowest BCUT2D eigenvalue weighted by Crippen LogP contribution is -2.51. The van der Waals surface area contributed by atoms with Crippen molar-refractivity contribution in [1.82, 2.24) is 20.5 Å². The summed E-state index contributed by atoms with van der Waals surface area (Å²) in [5, 5.41) is 11.7. The molecule has 1 saturated heterocycles. The monoisotopic (exact) mass is 377 g/mol. The van der Waals surface area contributed by atoms with Crippen LogP contribution in [0.4, 0.5) is 10.1 Å². The largest absolute Gasteiger partial charge is 0.366 e. The van der Waals surface area contributed by atoms with E-state index in [2.05, 4.69) is 45.2 Å². The fourth-order valence-corrected chi connectivity index (χ4v) is 3.96. The number of hydrogen-bond donors (Lipinski definition) is 2. The van der Waals surface area contributed by atoms with Crippen LogP contribution in [0.5, 0.6) is 0 Å². The quantitative estimate of drug-likeness (QED) is 0.683. The molecule has 3 heterocycles. The third-order valence-electron chi connectivity index (χ3n) is 5.19. The van der Waals surface area contributed by atoms with Crippen molar-refractivity contribution in [2.24, 2.45) is 5.92 Å². The SMILES string of the molecule is C#Cc1cc(F)c(N2CCN[C@H](CC(C)C)C2)cc1-c1[nH]nc2ncccc12. The predicted molar refractivity (Wildman–Crippen MR) is 111 cm³/mol. The van der Waals surface area contributed by atoms with Gasteiger partial charge in [-0.15, -0.1) is 6.42 Å². The maximum absolute atomic E-state index is 15.0. The number of piperazine rings is 1. The van der Waals surface area contributed by atoms with Gasteiger partial charge in [-0.3, -0.25) is 5.10 Å². The Morgan fingerprint density at radius 2 is 2.25 bits per heavy atom. The molecule has 0 saturated carbocycles. The molecule has 0 radical (unpaired) electrons. The predicted octanol–water partition coefficient (Wildman–Crippen LogP) is 3.57. The molecule has 0 bridgehead atoms. The zero-order valence-electron chi connectivity index (χ0n) is 16.2. The lowest BCUT2D eigenvalue weighted by Gasteiger charge is -2.36. The van der Waals surface area contributed by atoms with E-state index in [0.29, 0.717) is 28.9 Å². The van der Waals surface area contributed by atoms with Crippen LogP contribution in [0.2, 0.25) is 0 Å². The Hall–Kier alpha value is -2.91. The molecule has 0 amide bonds. The summed E-state index contributed by atoms with van der Waals surface area (Å²) < 4.78 is 15.0. The molecule has 1 aliphatic heterocycles. The number of fused-ring (bicyclic) bond motifs is 1. The normalized spacial score (nSPS) is 17.2. The average molecular weight is 377 g/mol. The summed E-state index contributed by atoms with van der Waals surface area (Å²) >= 11 is 0. The van der Waals surface area contributed by atoms with Crippen molar-refractivity contribution in [2.75, 3.05) is 24.5 Å². The molecule has 0 unspecified atom stereocenters. The van der Waals surface area contributed by atoms with Gasteiger partial charge in [-0.1, -0.05) is 19.8 Å². The summed E-state index contributed by atoms with van der Waals surface area (Å²) in [4.78, 5) is 6.37. The molecular weight excluding hydrogens is 353 g/mol. The van der Waals surface area contributed by atoms with E-state index in [9.17, 15) is 4.39 Å². The summed E-state index contributed by atoms with van der Waals surface area (Å²) in [6.45, 7) is 6.78. The van der Waals surface area contributed by atoms with E-state index in [-0.39, 0.29) is 5.82 Å². The van der Waals surface area contributed by atoms with E-state index in [1.807, 2.05) is 18.2 Å². The first-order valence-corrected chi connectivity index (χ1v) is 9.64. The van der Waals surface area contributed by atoms with Crippen molar-refractivity contribution in [3.8, 4) is 23.6 Å². The minimum Gasteiger partial charge on any atom is -0.366 e. The van der Waals surface area contributed by atoms with Gasteiger partial charge in [-0.2, -0.15) is 5.10 Å². The highest BCUT2D eigenvalue weighted by Crippen LogP contribution is 2.33. The van der Waals surface area contributed by atoms with E-state index < -0.39 is 0 Å². The fourth-order valence-electron chi connectivity index (χ4n) is 3.96. The van der Waals surface area contributed by atoms with E-state index in [4.69, 9.17) is 6.42 Å². The molecule has 1 aliphatic rings. The number of H-pyrrole nitrogens is 1. The number of aromatic nitrogens is 3. The highest BCUT2D eigenvalue weighted by molar-refractivity contribution is 5.93. The van der Waals surface area contributed by atoms with Crippen molar-refractivity contribution in [2.45, 2.75) is 26.3 Å². The molecular formula is C22H24FN5. The van der Waals surface area contributed by atoms with Crippen molar-refractivity contribution in [1.29, 1.82) is 0 Å². The smallest absolute Gasteiger partial charge is 0.181 e. The van der Waals surface area contributed by atoms with Gasteiger partial charge >= 0.3 is 0 Å². The topological polar surface area (TPSA) is 56.8 Å². The van der Waals surface area contributed by atoms with E-state index in [1.54, 1.807) is 6.20 Å². The lowest BCUT2D eigenvalue weighted by atomic mass is 9.99. The number of pyridine rings is 1. The number of terminal acetylenes is 1. The van der Waals surface area contributed by atoms with Crippen molar-refractivity contribution in [3.63, 3.8) is 0 Å². The summed E-state index contributed by atoms with van der Waals surface area (Å²) in [5.41, 5.74) is 3.24. The number of aromatic amines is 1. The first kappa shape index (κ1) is 18.5. The maximum Gasteiger partial charge on any atom is 0.181 e. The highest BCUT2D eigenvalue weighted by atomic mass is 19.1. The summed E-state index contributed by atoms with van der Waals surface area (Å²) in [5.74, 6) is 2.92. The Balaban J connectivity index is 1.76. The number of anilines is 1. The Kier molecular flexibility index (Phi) is 5.01. The third kappa shape index (κ3) is 3.46. The standard InChI is InChI=1S/C22H24FN5/c1-4-15-11-19(23)20(28-9-8-24-16(13-28)10-14(2)3)12-18(15)21-17-6-5-7-25-22(17)27-26-21/h1,5-7,11-12,14,16,24H,8-10,13H2,2-3H3,(H,25,26,27)/t16-/m1/s1. The van der Waals surface area contributed by atoms with Gasteiger partial charge in [0.25, 0.3) is 0 Å². The van der Waals surface area contributed by atoms with Gasteiger partial charge in [0.05, 0.1) is 11.4 Å². The number of benzene rings is 1. The van der Waals surface area contributed by atoms with E-state index in [1.165, 1.54) is 6.07 Å². The minimum atomic E-state index is -0.288. The molecule has 0 spiro atoms. The van der Waals surface area contributed by atoms with Crippen LogP contribution >= 0.6 is 0 Å². The van der Waals surface area contributed by atoms with Gasteiger partial charge in [-0.05, 0) is 36.6 Å². The molecule has 1 aromatic carbocycles. The Labute approximate surface area is 164 Å².